The second kappa shape index (κ2) is 5.08. The lowest BCUT2D eigenvalue weighted by Gasteiger charge is -2.21. The van der Waals surface area contributed by atoms with Gasteiger partial charge in [0.25, 0.3) is 5.91 Å². The van der Waals surface area contributed by atoms with Crippen LogP contribution in [-0.2, 0) is 0 Å². The fourth-order valence-corrected chi connectivity index (χ4v) is 2.54. The summed E-state index contributed by atoms with van der Waals surface area (Å²) in [5.74, 6) is -0.0716. The molecule has 0 atom stereocenters. The standard InChI is InChI=1S/C14H17NO2S/c1-14(2,9-16)8-15-13(17)12-7-10-5-3-4-6-11(10)18-12/h3-7,16H,8-9H2,1-2H3,(H,15,17). The van der Waals surface area contributed by atoms with Crippen LogP contribution in [-0.4, -0.2) is 24.2 Å². The smallest absolute Gasteiger partial charge is 0.261 e. The summed E-state index contributed by atoms with van der Waals surface area (Å²) >= 11 is 1.49. The molecule has 2 aromatic rings. The van der Waals surface area contributed by atoms with E-state index in [2.05, 4.69) is 5.32 Å². The number of aliphatic hydroxyl groups is 1. The highest BCUT2D eigenvalue weighted by atomic mass is 32.1. The van der Waals surface area contributed by atoms with E-state index in [1.165, 1.54) is 11.3 Å². The second-order valence-corrected chi connectivity index (χ2v) is 6.24. The van der Waals surface area contributed by atoms with Crippen LogP contribution in [0.4, 0.5) is 0 Å². The number of hydrogen-bond donors (Lipinski definition) is 2. The summed E-state index contributed by atoms with van der Waals surface area (Å²) < 4.78 is 1.11. The molecule has 0 spiro atoms. The first kappa shape index (κ1) is 13.1. The maximum absolute atomic E-state index is 12.0. The summed E-state index contributed by atoms with van der Waals surface area (Å²) in [6.07, 6.45) is 0. The van der Waals surface area contributed by atoms with Crippen molar-refractivity contribution in [2.75, 3.05) is 13.2 Å². The van der Waals surface area contributed by atoms with Gasteiger partial charge in [0, 0.05) is 23.3 Å². The minimum Gasteiger partial charge on any atom is -0.396 e. The minimum absolute atomic E-state index is 0.0553. The molecule has 96 valence electrons. The van der Waals surface area contributed by atoms with Crippen molar-refractivity contribution >= 4 is 27.3 Å². The summed E-state index contributed by atoms with van der Waals surface area (Å²) in [7, 11) is 0. The molecule has 0 bridgehead atoms. The first-order valence-corrected chi connectivity index (χ1v) is 6.71. The van der Waals surface area contributed by atoms with Crippen molar-refractivity contribution in [3.05, 3.63) is 35.2 Å². The van der Waals surface area contributed by atoms with Crippen LogP contribution in [0.15, 0.2) is 30.3 Å². The Morgan fingerprint density at radius 2 is 2.11 bits per heavy atom. The highest BCUT2D eigenvalue weighted by Crippen LogP contribution is 2.25. The third-order valence-electron chi connectivity index (χ3n) is 2.80. The lowest BCUT2D eigenvalue weighted by molar-refractivity contribution is 0.0915. The minimum atomic E-state index is -0.285. The fraction of sp³-hybridized carbons (Fsp3) is 0.357. The van der Waals surface area contributed by atoms with Crippen LogP contribution >= 0.6 is 11.3 Å². The van der Waals surface area contributed by atoms with Gasteiger partial charge in [0.1, 0.15) is 0 Å². The van der Waals surface area contributed by atoms with Gasteiger partial charge in [-0.15, -0.1) is 11.3 Å². The highest BCUT2D eigenvalue weighted by Gasteiger charge is 2.18. The van der Waals surface area contributed by atoms with Crippen molar-refractivity contribution in [2.45, 2.75) is 13.8 Å². The van der Waals surface area contributed by atoms with Crippen LogP contribution in [0.2, 0.25) is 0 Å². The lowest BCUT2D eigenvalue weighted by atomic mass is 9.95. The van der Waals surface area contributed by atoms with Crippen molar-refractivity contribution in [2.24, 2.45) is 5.41 Å². The zero-order chi connectivity index (χ0) is 13.2. The number of rotatable bonds is 4. The average Bonchev–Trinajstić information content (AvgIpc) is 2.80. The zero-order valence-corrected chi connectivity index (χ0v) is 11.4. The van der Waals surface area contributed by atoms with Gasteiger partial charge in [-0.2, -0.15) is 0 Å². The number of amides is 1. The van der Waals surface area contributed by atoms with Crippen LogP contribution in [0.5, 0.6) is 0 Å². The van der Waals surface area contributed by atoms with E-state index in [0.29, 0.717) is 11.4 Å². The predicted molar refractivity (Wildman–Crippen MR) is 75.0 cm³/mol. The molecule has 1 amide bonds. The zero-order valence-electron chi connectivity index (χ0n) is 10.6. The number of benzene rings is 1. The monoisotopic (exact) mass is 263 g/mol. The molecule has 3 nitrogen and oxygen atoms in total. The van der Waals surface area contributed by atoms with E-state index < -0.39 is 0 Å². The molecule has 1 aromatic heterocycles. The van der Waals surface area contributed by atoms with E-state index in [-0.39, 0.29) is 17.9 Å². The Balaban J connectivity index is 2.09. The number of nitrogens with one attached hydrogen (secondary N) is 1. The van der Waals surface area contributed by atoms with Crippen molar-refractivity contribution in [1.82, 2.24) is 5.32 Å². The van der Waals surface area contributed by atoms with Gasteiger partial charge >= 0.3 is 0 Å². The van der Waals surface area contributed by atoms with Crippen molar-refractivity contribution in [1.29, 1.82) is 0 Å². The summed E-state index contributed by atoms with van der Waals surface area (Å²) in [6.45, 7) is 4.35. The van der Waals surface area contributed by atoms with E-state index >= 15 is 0 Å². The molecule has 4 heteroatoms. The number of aliphatic hydroxyl groups excluding tert-OH is 1. The summed E-state index contributed by atoms with van der Waals surface area (Å²) in [4.78, 5) is 12.7. The first-order valence-electron chi connectivity index (χ1n) is 5.89. The molecule has 0 fully saturated rings. The molecule has 18 heavy (non-hydrogen) atoms. The Morgan fingerprint density at radius 1 is 1.39 bits per heavy atom. The summed E-state index contributed by atoms with van der Waals surface area (Å²) in [5, 5.41) is 13.1. The first-order chi connectivity index (χ1) is 8.52. The Morgan fingerprint density at radius 3 is 2.78 bits per heavy atom. The number of hydrogen-bond acceptors (Lipinski definition) is 3. The summed E-state index contributed by atoms with van der Waals surface area (Å²) in [5.41, 5.74) is -0.285. The largest absolute Gasteiger partial charge is 0.396 e. The molecule has 0 aliphatic carbocycles. The Hall–Kier alpha value is -1.39. The second-order valence-electron chi connectivity index (χ2n) is 5.15. The van der Waals surface area contributed by atoms with Crippen LogP contribution in [0.3, 0.4) is 0 Å². The van der Waals surface area contributed by atoms with Gasteiger partial charge in [0.05, 0.1) is 4.88 Å². The number of fused-ring (bicyclic) bond motifs is 1. The molecule has 0 saturated heterocycles. The van der Waals surface area contributed by atoms with Crippen molar-refractivity contribution in [3.8, 4) is 0 Å². The maximum atomic E-state index is 12.0. The molecular weight excluding hydrogens is 246 g/mol. The topological polar surface area (TPSA) is 49.3 Å². The molecule has 0 aliphatic rings. The van der Waals surface area contributed by atoms with Gasteiger partial charge in [-0.3, -0.25) is 4.79 Å². The van der Waals surface area contributed by atoms with Crippen molar-refractivity contribution in [3.63, 3.8) is 0 Å². The van der Waals surface area contributed by atoms with Gasteiger partial charge in [-0.1, -0.05) is 32.0 Å². The van der Waals surface area contributed by atoms with E-state index in [1.54, 1.807) is 0 Å². The molecule has 1 aromatic carbocycles. The number of thiophene rings is 1. The third kappa shape index (κ3) is 2.89. The maximum Gasteiger partial charge on any atom is 0.261 e. The van der Waals surface area contributed by atoms with E-state index in [1.807, 2.05) is 44.2 Å². The molecular formula is C14H17NO2S. The van der Waals surface area contributed by atoms with E-state index in [0.717, 1.165) is 10.1 Å². The molecule has 2 rings (SSSR count). The SMILES string of the molecule is CC(C)(CO)CNC(=O)c1cc2ccccc2s1. The molecule has 0 unspecified atom stereocenters. The van der Waals surface area contributed by atoms with Gasteiger partial charge < -0.3 is 10.4 Å². The predicted octanol–water partition coefficient (Wildman–Crippen LogP) is 2.65. The van der Waals surface area contributed by atoms with E-state index in [4.69, 9.17) is 5.11 Å². The summed E-state index contributed by atoms with van der Waals surface area (Å²) in [6, 6.07) is 9.84. The van der Waals surface area contributed by atoms with E-state index in [9.17, 15) is 4.79 Å². The van der Waals surface area contributed by atoms with Gasteiger partial charge in [0.15, 0.2) is 0 Å². The molecule has 0 radical (unpaired) electrons. The Bertz CT molecular complexity index is 527. The van der Waals surface area contributed by atoms with Gasteiger partial charge in [-0.05, 0) is 17.5 Å². The molecule has 0 saturated carbocycles. The lowest BCUT2D eigenvalue weighted by Crippen LogP contribution is -2.35. The van der Waals surface area contributed by atoms with Crippen LogP contribution in [0, 0.1) is 5.41 Å². The number of carbonyl (C=O) groups excluding carboxylic acids is 1. The number of carbonyl (C=O) groups is 1. The van der Waals surface area contributed by atoms with Crippen LogP contribution in [0.1, 0.15) is 23.5 Å². The van der Waals surface area contributed by atoms with Gasteiger partial charge in [0.2, 0.25) is 0 Å². The average molecular weight is 263 g/mol. The molecule has 0 aliphatic heterocycles. The Labute approximate surface area is 110 Å². The highest BCUT2D eigenvalue weighted by molar-refractivity contribution is 7.20. The van der Waals surface area contributed by atoms with Gasteiger partial charge in [-0.25, -0.2) is 0 Å². The van der Waals surface area contributed by atoms with Crippen molar-refractivity contribution < 1.29 is 9.90 Å². The molecule has 1 heterocycles. The molecule has 2 N–H and O–H groups in total. The normalized spacial score (nSPS) is 11.7. The fourth-order valence-electron chi connectivity index (χ4n) is 1.56. The Kier molecular flexibility index (Phi) is 3.68. The quantitative estimate of drug-likeness (QED) is 0.891. The third-order valence-corrected chi connectivity index (χ3v) is 3.92. The van der Waals surface area contributed by atoms with Crippen LogP contribution < -0.4 is 5.32 Å². The van der Waals surface area contributed by atoms with Crippen LogP contribution in [0.25, 0.3) is 10.1 Å².